The lowest BCUT2D eigenvalue weighted by molar-refractivity contribution is 0.621. The Morgan fingerprint density at radius 1 is 1.38 bits per heavy atom. The lowest BCUT2D eigenvalue weighted by atomic mass is 10.2. The Balaban J connectivity index is 2.34. The summed E-state index contributed by atoms with van der Waals surface area (Å²) in [4.78, 5) is 15.3. The number of hydrogen-bond donors (Lipinski definition) is 0. The van der Waals surface area contributed by atoms with Crippen LogP contribution in [0, 0.1) is 5.82 Å². The summed E-state index contributed by atoms with van der Waals surface area (Å²) < 4.78 is 15.2. The van der Waals surface area contributed by atoms with Crippen LogP contribution in [0.25, 0.3) is 0 Å². The molecular formula is C11H8BrFN2O. The predicted octanol–water partition coefficient (Wildman–Crippen LogP) is 2.19. The monoisotopic (exact) mass is 282 g/mol. The lowest BCUT2D eigenvalue weighted by Crippen LogP contribution is -2.19. The third-order valence-corrected chi connectivity index (χ3v) is 2.53. The van der Waals surface area contributed by atoms with E-state index in [0.29, 0.717) is 16.6 Å². The minimum atomic E-state index is -0.332. The molecule has 16 heavy (non-hydrogen) atoms. The van der Waals surface area contributed by atoms with Gasteiger partial charge in [-0.15, -0.1) is 0 Å². The Morgan fingerprint density at radius 3 is 2.88 bits per heavy atom. The summed E-state index contributed by atoms with van der Waals surface area (Å²) in [6.45, 7) is 0.309. The van der Waals surface area contributed by atoms with Crippen molar-refractivity contribution in [3.8, 4) is 0 Å². The van der Waals surface area contributed by atoms with Crippen LogP contribution in [0.15, 0.2) is 46.1 Å². The molecule has 2 aromatic rings. The molecular weight excluding hydrogens is 275 g/mol. The average Bonchev–Trinajstić information content (AvgIpc) is 2.20. The molecule has 0 unspecified atom stereocenters. The Labute approximate surface area is 99.7 Å². The molecule has 0 amide bonds. The van der Waals surface area contributed by atoms with Crippen molar-refractivity contribution in [3.05, 3.63) is 63.0 Å². The first-order valence-electron chi connectivity index (χ1n) is 4.60. The second kappa shape index (κ2) is 4.57. The number of nitrogens with zero attached hydrogens (tertiary/aromatic N) is 2. The van der Waals surface area contributed by atoms with E-state index < -0.39 is 0 Å². The first-order chi connectivity index (χ1) is 7.65. The summed E-state index contributed by atoms with van der Waals surface area (Å²) in [6.07, 6.45) is 2.86. The van der Waals surface area contributed by atoms with Crippen molar-refractivity contribution in [2.45, 2.75) is 6.54 Å². The van der Waals surface area contributed by atoms with Crippen LogP contribution in [0.5, 0.6) is 0 Å². The highest BCUT2D eigenvalue weighted by Gasteiger charge is 2.01. The van der Waals surface area contributed by atoms with Gasteiger partial charge in [0.15, 0.2) is 0 Å². The van der Waals surface area contributed by atoms with Gasteiger partial charge < -0.3 is 0 Å². The van der Waals surface area contributed by atoms with Crippen molar-refractivity contribution in [1.82, 2.24) is 9.55 Å². The van der Waals surface area contributed by atoms with E-state index in [1.807, 2.05) is 0 Å². The zero-order chi connectivity index (χ0) is 11.5. The third-order valence-electron chi connectivity index (χ3n) is 2.07. The fourth-order valence-electron chi connectivity index (χ4n) is 1.40. The fraction of sp³-hybridized carbons (Fsp3) is 0.0909. The summed E-state index contributed by atoms with van der Waals surface area (Å²) in [6, 6.07) is 5.90. The van der Waals surface area contributed by atoms with Crippen molar-refractivity contribution in [3.63, 3.8) is 0 Å². The van der Waals surface area contributed by atoms with Gasteiger partial charge in [-0.2, -0.15) is 0 Å². The molecule has 0 aliphatic heterocycles. The Hall–Kier alpha value is -1.49. The number of rotatable bonds is 2. The SMILES string of the molecule is O=c1ccncn1Cc1cc(F)cc(Br)c1. The minimum Gasteiger partial charge on any atom is -0.295 e. The maximum Gasteiger partial charge on any atom is 0.253 e. The molecule has 0 bridgehead atoms. The quantitative estimate of drug-likeness (QED) is 0.846. The van der Waals surface area contributed by atoms with E-state index in [4.69, 9.17) is 0 Å². The summed E-state index contributed by atoms with van der Waals surface area (Å²) in [5, 5.41) is 0. The Kier molecular flexibility index (Phi) is 3.14. The molecule has 1 aromatic carbocycles. The van der Waals surface area contributed by atoms with Crippen LogP contribution < -0.4 is 5.56 Å². The van der Waals surface area contributed by atoms with Gasteiger partial charge in [0.05, 0.1) is 12.9 Å². The van der Waals surface area contributed by atoms with Gasteiger partial charge in [0.2, 0.25) is 0 Å². The Morgan fingerprint density at radius 2 is 2.19 bits per heavy atom. The topological polar surface area (TPSA) is 34.9 Å². The highest BCUT2D eigenvalue weighted by atomic mass is 79.9. The number of aromatic nitrogens is 2. The average molecular weight is 283 g/mol. The van der Waals surface area contributed by atoms with Crippen LogP contribution >= 0.6 is 15.9 Å². The molecule has 82 valence electrons. The second-order valence-corrected chi connectivity index (χ2v) is 4.24. The highest BCUT2D eigenvalue weighted by Crippen LogP contribution is 2.15. The molecule has 2 rings (SSSR count). The van der Waals surface area contributed by atoms with Gasteiger partial charge in [-0.3, -0.25) is 9.36 Å². The van der Waals surface area contributed by atoms with E-state index in [1.165, 1.54) is 35.3 Å². The summed E-state index contributed by atoms with van der Waals surface area (Å²) in [7, 11) is 0. The van der Waals surface area contributed by atoms with Crippen molar-refractivity contribution >= 4 is 15.9 Å². The van der Waals surface area contributed by atoms with Crippen molar-refractivity contribution in [2.24, 2.45) is 0 Å². The maximum absolute atomic E-state index is 13.1. The summed E-state index contributed by atoms with van der Waals surface area (Å²) in [5.41, 5.74) is 0.553. The smallest absolute Gasteiger partial charge is 0.253 e. The van der Waals surface area contributed by atoms with Crippen LogP contribution in [0.2, 0.25) is 0 Å². The van der Waals surface area contributed by atoms with Gasteiger partial charge in [0, 0.05) is 16.7 Å². The summed E-state index contributed by atoms with van der Waals surface area (Å²) >= 11 is 3.20. The molecule has 3 nitrogen and oxygen atoms in total. The lowest BCUT2D eigenvalue weighted by Gasteiger charge is -2.05. The maximum atomic E-state index is 13.1. The van der Waals surface area contributed by atoms with Gasteiger partial charge in [-0.1, -0.05) is 15.9 Å². The van der Waals surface area contributed by atoms with Gasteiger partial charge in [0.1, 0.15) is 5.82 Å². The first kappa shape index (κ1) is 11.0. The van der Waals surface area contributed by atoms with Crippen molar-refractivity contribution in [1.29, 1.82) is 0 Å². The van der Waals surface area contributed by atoms with E-state index in [2.05, 4.69) is 20.9 Å². The van der Waals surface area contributed by atoms with Gasteiger partial charge in [-0.05, 0) is 23.8 Å². The van der Waals surface area contributed by atoms with E-state index in [9.17, 15) is 9.18 Å². The third kappa shape index (κ3) is 2.55. The largest absolute Gasteiger partial charge is 0.295 e. The first-order valence-corrected chi connectivity index (χ1v) is 5.40. The number of hydrogen-bond acceptors (Lipinski definition) is 2. The van der Waals surface area contributed by atoms with E-state index in [1.54, 1.807) is 6.07 Å². The number of benzene rings is 1. The fourth-order valence-corrected chi connectivity index (χ4v) is 1.91. The van der Waals surface area contributed by atoms with Crippen molar-refractivity contribution < 1.29 is 4.39 Å². The molecule has 0 N–H and O–H groups in total. The second-order valence-electron chi connectivity index (χ2n) is 3.32. The molecule has 0 saturated heterocycles. The molecule has 1 aromatic heterocycles. The van der Waals surface area contributed by atoms with Gasteiger partial charge in [-0.25, -0.2) is 9.37 Å². The predicted molar refractivity (Wildman–Crippen MR) is 61.7 cm³/mol. The molecule has 0 radical (unpaired) electrons. The van der Waals surface area contributed by atoms with Gasteiger partial charge in [0.25, 0.3) is 5.56 Å². The van der Waals surface area contributed by atoms with Crippen LogP contribution in [0.1, 0.15) is 5.56 Å². The molecule has 0 fully saturated rings. The van der Waals surface area contributed by atoms with Gasteiger partial charge >= 0.3 is 0 Å². The number of halogens is 2. The highest BCUT2D eigenvalue weighted by molar-refractivity contribution is 9.10. The van der Waals surface area contributed by atoms with Crippen LogP contribution in [0.4, 0.5) is 4.39 Å². The van der Waals surface area contributed by atoms with Crippen LogP contribution in [-0.4, -0.2) is 9.55 Å². The van der Waals surface area contributed by atoms with Crippen LogP contribution in [-0.2, 0) is 6.54 Å². The molecule has 0 aliphatic rings. The Bertz CT molecular complexity index is 548. The standard InChI is InChI=1S/C11H8BrFN2O/c12-9-3-8(4-10(13)5-9)6-15-7-14-2-1-11(15)16/h1-5,7H,6H2. The molecule has 0 atom stereocenters. The van der Waals surface area contributed by atoms with E-state index in [0.717, 1.165) is 0 Å². The van der Waals surface area contributed by atoms with Crippen LogP contribution in [0.3, 0.4) is 0 Å². The van der Waals surface area contributed by atoms with Crippen molar-refractivity contribution in [2.75, 3.05) is 0 Å². The molecule has 1 heterocycles. The van der Waals surface area contributed by atoms with E-state index in [-0.39, 0.29) is 11.4 Å². The summed E-state index contributed by atoms with van der Waals surface area (Å²) in [5.74, 6) is -0.332. The zero-order valence-electron chi connectivity index (χ0n) is 8.23. The molecule has 0 saturated carbocycles. The molecule has 0 aliphatic carbocycles. The molecule has 0 spiro atoms. The zero-order valence-corrected chi connectivity index (χ0v) is 9.82. The van der Waals surface area contributed by atoms with E-state index >= 15 is 0 Å². The minimum absolute atomic E-state index is 0.157. The normalized spacial score (nSPS) is 10.4. The molecule has 5 heteroatoms.